The van der Waals surface area contributed by atoms with E-state index in [2.05, 4.69) is 5.32 Å². The number of para-hydroxylation sites is 1. The van der Waals surface area contributed by atoms with Crippen LogP contribution in [0.2, 0.25) is 10.0 Å². The van der Waals surface area contributed by atoms with E-state index in [0.29, 0.717) is 25.2 Å². The standard InChI is InChI=1S/C22H28Cl2N4O4S/c23-16-3-1-4-17(24)20(16)28-6-2-5-27(33(28,31)32)12-18(29)26-19-14-7-13-8-15(19)11-22(9-13,10-14)21(25)30/h1,3-4,13-15,19H,2,5-12H2,(H2,25,30)(H,26,29). The summed E-state index contributed by atoms with van der Waals surface area (Å²) in [7, 11) is -3.96. The lowest BCUT2D eigenvalue weighted by molar-refractivity contribution is -0.147. The molecule has 1 aromatic rings. The number of anilines is 1. The molecule has 3 N–H and O–H groups in total. The smallest absolute Gasteiger partial charge is 0.304 e. The van der Waals surface area contributed by atoms with Gasteiger partial charge in [-0.25, -0.2) is 0 Å². The molecule has 0 spiro atoms. The minimum absolute atomic E-state index is 0.0388. The molecule has 0 radical (unpaired) electrons. The van der Waals surface area contributed by atoms with Gasteiger partial charge in [-0.15, -0.1) is 0 Å². The van der Waals surface area contributed by atoms with E-state index in [4.69, 9.17) is 28.9 Å². The first-order valence-electron chi connectivity index (χ1n) is 11.4. The Kier molecular flexibility index (Phi) is 5.83. The lowest BCUT2D eigenvalue weighted by atomic mass is 9.47. The number of amides is 2. The number of nitrogens with zero attached hydrogens (tertiary/aromatic N) is 2. The van der Waals surface area contributed by atoms with Gasteiger partial charge in [-0.3, -0.25) is 13.9 Å². The van der Waals surface area contributed by atoms with E-state index in [1.165, 1.54) is 8.61 Å². The fourth-order valence-corrected chi connectivity index (χ4v) is 9.24. The van der Waals surface area contributed by atoms with Crippen LogP contribution in [0.3, 0.4) is 0 Å². The van der Waals surface area contributed by atoms with Gasteiger partial charge in [-0.1, -0.05) is 29.3 Å². The summed E-state index contributed by atoms with van der Waals surface area (Å²) in [6, 6.07) is 4.80. The maximum atomic E-state index is 13.3. The number of carbonyl (C=O) groups excluding carboxylic acids is 2. The molecule has 33 heavy (non-hydrogen) atoms. The minimum Gasteiger partial charge on any atom is -0.369 e. The molecular formula is C22H28Cl2N4O4S. The van der Waals surface area contributed by atoms with Gasteiger partial charge in [-0.2, -0.15) is 12.7 Å². The Morgan fingerprint density at radius 2 is 1.73 bits per heavy atom. The zero-order valence-electron chi connectivity index (χ0n) is 18.2. The number of hydrogen-bond donors (Lipinski definition) is 2. The van der Waals surface area contributed by atoms with E-state index >= 15 is 0 Å². The molecule has 1 aliphatic heterocycles. The van der Waals surface area contributed by atoms with Crippen LogP contribution in [0.4, 0.5) is 5.69 Å². The van der Waals surface area contributed by atoms with Crippen LogP contribution in [0.1, 0.15) is 38.5 Å². The van der Waals surface area contributed by atoms with Gasteiger partial charge in [0.2, 0.25) is 11.8 Å². The van der Waals surface area contributed by atoms with Gasteiger partial charge in [0, 0.05) is 24.5 Å². The van der Waals surface area contributed by atoms with Crippen molar-refractivity contribution < 1.29 is 18.0 Å². The number of hydrogen-bond acceptors (Lipinski definition) is 4. The van der Waals surface area contributed by atoms with Gasteiger partial charge < -0.3 is 11.1 Å². The molecule has 180 valence electrons. The Hall–Kier alpha value is -1.55. The molecular weight excluding hydrogens is 487 g/mol. The van der Waals surface area contributed by atoms with E-state index in [9.17, 15) is 18.0 Å². The summed E-state index contributed by atoms with van der Waals surface area (Å²) in [5.74, 6) is 0.369. The highest BCUT2D eigenvalue weighted by molar-refractivity contribution is 7.90. The maximum absolute atomic E-state index is 13.3. The Labute approximate surface area is 203 Å². The summed E-state index contributed by atoms with van der Waals surface area (Å²) < 4.78 is 29.0. The molecule has 2 unspecified atom stereocenters. The molecule has 1 saturated heterocycles. The second-order valence-corrected chi connectivity index (χ2v) is 12.7. The fraction of sp³-hybridized carbons (Fsp3) is 0.636. The van der Waals surface area contributed by atoms with Crippen LogP contribution in [0, 0.1) is 23.2 Å². The van der Waals surface area contributed by atoms with Crippen LogP contribution >= 0.6 is 23.2 Å². The summed E-state index contributed by atoms with van der Waals surface area (Å²) in [6.07, 6.45) is 4.80. The maximum Gasteiger partial charge on any atom is 0.304 e. The fourth-order valence-electron chi connectivity index (χ4n) is 6.83. The number of nitrogens with one attached hydrogen (secondary N) is 1. The summed E-state index contributed by atoms with van der Waals surface area (Å²) >= 11 is 12.5. The van der Waals surface area contributed by atoms with Crippen LogP contribution in [-0.2, 0) is 19.8 Å². The van der Waals surface area contributed by atoms with Crippen LogP contribution in [0.5, 0.6) is 0 Å². The average molecular weight is 515 g/mol. The number of halogens is 2. The van der Waals surface area contributed by atoms with Crippen LogP contribution in [0.15, 0.2) is 18.2 Å². The number of rotatable bonds is 5. The van der Waals surface area contributed by atoms with E-state index in [-0.39, 0.29) is 65.1 Å². The van der Waals surface area contributed by atoms with E-state index in [1.807, 2.05) is 0 Å². The topological polar surface area (TPSA) is 113 Å². The van der Waals surface area contributed by atoms with Gasteiger partial charge in [0.1, 0.15) is 0 Å². The highest BCUT2D eigenvalue weighted by Gasteiger charge is 2.58. The molecule has 2 atom stereocenters. The normalized spacial score (nSPS) is 34.9. The van der Waals surface area contributed by atoms with E-state index in [1.54, 1.807) is 18.2 Å². The lowest BCUT2D eigenvalue weighted by Gasteiger charge is -2.58. The Bertz CT molecular complexity index is 1060. The third-order valence-corrected chi connectivity index (χ3v) is 10.5. The van der Waals surface area contributed by atoms with Crippen molar-refractivity contribution in [3.63, 3.8) is 0 Å². The van der Waals surface area contributed by atoms with Crippen molar-refractivity contribution in [2.75, 3.05) is 23.9 Å². The van der Waals surface area contributed by atoms with Crippen molar-refractivity contribution in [1.29, 1.82) is 0 Å². The molecule has 0 aromatic heterocycles. The molecule has 1 heterocycles. The van der Waals surface area contributed by atoms with Gasteiger partial charge >= 0.3 is 10.2 Å². The summed E-state index contributed by atoms with van der Waals surface area (Å²) in [4.78, 5) is 25.2. The third-order valence-electron chi connectivity index (χ3n) is 8.00. The number of benzene rings is 1. The molecule has 1 aromatic carbocycles. The molecule has 8 nitrogen and oxygen atoms in total. The number of primary amides is 1. The van der Waals surface area contributed by atoms with Gasteiger partial charge in [0.25, 0.3) is 0 Å². The highest BCUT2D eigenvalue weighted by Crippen LogP contribution is 2.59. The first kappa shape index (κ1) is 23.2. The molecule has 4 bridgehead atoms. The quantitative estimate of drug-likeness (QED) is 0.628. The van der Waals surface area contributed by atoms with Crippen LogP contribution in [0.25, 0.3) is 0 Å². The van der Waals surface area contributed by atoms with Crippen molar-refractivity contribution in [1.82, 2.24) is 9.62 Å². The van der Waals surface area contributed by atoms with Crippen LogP contribution < -0.4 is 15.4 Å². The lowest BCUT2D eigenvalue weighted by Crippen LogP contribution is -2.63. The second kappa shape index (κ2) is 8.29. The third kappa shape index (κ3) is 3.90. The van der Waals surface area contributed by atoms with Gasteiger partial charge in [-0.05, 0) is 68.4 Å². The molecule has 4 aliphatic carbocycles. The van der Waals surface area contributed by atoms with Gasteiger partial charge in [0.05, 0.1) is 22.3 Å². The zero-order chi connectivity index (χ0) is 23.5. The molecule has 4 saturated carbocycles. The van der Waals surface area contributed by atoms with E-state index in [0.717, 1.165) is 19.3 Å². The minimum atomic E-state index is -3.96. The predicted octanol–water partition coefficient (Wildman–Crippen LogP) is 2.55. The molecule has 11 heteroatoms. The highest BCUT2D eigenvalue weighted by atomic mass is 35.5. The zero-order valence-corrected chi connectivity index (χ0v) is 20.5. The molecule has 5 fully saturated rings. The molecule has 6 rings (SSSR count). The van der Waals surface area contributed by atoms with Crippen molar-refractivity contribution in [2.45, 2.75) is 44.6 Å². The average Bonchev–Trinajstić information content (AvgIpc) is 2.72. The summed E-state index contributed by atoms with van der Waals surface area (Å²) in [5, 5.41) is 3.60. The SMILES string of the molecule is NC(=O)C12CC3CC(C1)C(NC(=O)CN1CCCN(c4c(Cl)cccc4Cl)S1(=O)=O)C(C3)C2. The molecule has 5 aliphatic rings. The number of nitrogens with two attached hydrogens (primary N) is 1. The van der Waals surface area contributed by atoms with Crippen molar-refractivity contribution in [3.05, 3.63) is 28.2 Å². The van der Waals surface area contributed by atoms with Crippen molar-refractivity contribution >= 4 is 50.9 Å². The van der Waals surface area contributed by atoms with Crippen molar-refractivity contribution in [2.24, 2.45) is 28.9 Å². The van der Waals surface area contributed by atoms with Gasteiger partial charge in [0.15, 0.2) is 0 Å². The Morgan fingerprint density at radius 3 is 2.33 bits per heavy atom. The number of carbonyl (C=O) groups is 2. The Balaban J connectivity index is 1.29. The first-order valence-corrected chi connectivity index (χ1v) is 13.6. The summed E-state index contributed by atoms with van der Waals surface area (Å²) in [5.41, 5.74) is 5.56. The largest absolute Gasteiger partial charge is 0.369 e. The monoisotopic (exact) mass is 514 g/mol. The molecule has 2 amide bonds. The van der Waals surface area contributed by atoms with E-state index < -0.39 is 15.6 Å². The Morgan fingerprint density at radius 1 is 1.09 bits per heavy atom. The summed E-state index contributed by atoms with van der Waals surface area (Å²) in [6.45, 7) is 0.229. The van der Waals surface area contributed by atoms with Crippen molar-refractivity contribution in [3.8, 4) is 0 Å². The predicted molar refractivity (Wildman–Crippen MR) is 126 cm³/mol. The first-order chi connectivity index (χ1) is 15.6. The second-order valence-electron chi connectivity index (χ2n) is 10.0. The van der Waals surface area contributed by atoms with Crippen LogP contribution in [-0.4, -0.2) is 50.2 Å².